The van der Waals surface area contributed by atoms with Crippen molar-refractivity contribution in [2.75, 3.05) is 26.4 Å². The fourth-order valence-electron chi connectivity index (χ4n) is 12.8. The third kappa shape index (κ3) is 43.1. The minimum atomic E-state index is -1.99. The molecule has 3 rings (SSSR count). The summed E-state index contributed by atoms with van der Waals surface area (Å²) in [7, 11) is 0. The van der Waals surface area contributed by atoms with Crippen LogP contribution in [0.15, 0.2) is 122 Å². The lowest BCUT2D eigenvalue weighted by atomic mass is 9.96. The molecule has 0 saturated carbocycles. The molecule has 19 nitrogen and oxygen atoms in total. The van der Waals surface area contributed by atoms with Crippen molar-refractivity contribution in [2.45, 2.75) is 375 Å². The van der Waals surface area contributed by atoms with Gasteiger partial charge in [-0.2, -0.15) is 0 Å². The lowest BCUT2D eigenvalue weighted by Gasteiger charge is -2.48. The van der Waals surface area contributed by atoms with Crippen molar-refractivity contribution in [2.24, 2.45) is 0 Å². The Bertz CT molecular complexity index is 2330. The predicted molar refractivity (Wildman–Crippen MR) is 410 cm³/mol. The van der Waals surface area contributed by atoms with Gasteiger partial charge in [0.2, 0.25) is 5.91 Å². The normalized spacial score (nSPS) is 26.7. The Morgan fingerprint density at radius 3 is 1.09 bits per heavy atom. The molecule has 3 aliphatic heterocycles. The molecule has 103 heavy (non-hydrogen) atoms. The lowest BCUT2D eigenvalue weighted by molar-refractivity contribution is -0.379. The molecule has 1 amide bonds. The van der Waals surface area contributed by atoms with Gasteiger partial charge in [0.15, 0.2) is 18.9 Å². The van der Waals surface area contributed by atoms with Gasteiger partial charge in [0, 0.05) is 6.42 Å². The summed E-state index contributed by atoms with van der Waals surface area (Å²) in [4.78, 5) is 13.5. The fourth-order valence-corrected chi connectivity index (χ4v) is 12.8. The number of nitrogens with one attached hydrogen (secondary N) is 1. The van der Waals surface area contributed by atoms with Gasteiger partial charge in [-0.05, 0) is 96.3 Å². The van der Waals surface area contributed by atoms with Crippen molar-refractivity contribution in [1.82, 2.24) is 5.32 Å². The van der Waals surface area contributed by atoms with E-state index in [4.69, 9.17) is 28.4 Å². The Balaban J connectivity index is 1.36. The van der Waals surface area contributed by atoms with E-state index in [1.165, 1.54) is 135 Å². The maximum atomic E-state index is 13.5. The van der Waals surface area contributed by atoms with E-state index in [0.717, 1.165) is 103 Å². The summed E-state index contributed by atoms with van der Waals surface area (Å²) in [6.07, 6.45) is 61.8. The number of ether oxygens (including phenoxy) is 6. The average Bonchev–Trinajstić information content (AvgIpc) is 0.781. The Morgan fingerprint density at radius 2 is 0.680 bits per heavy atom. The zero-order valence-corrected chi connectivity index (χ0v) is 63.3. The molecule has 0 radical (unpaired) electrons. The Kier molecular flexibility index (Phi) is 57.3. The molecule has 17 atom stereocenters. The molecule has 0 aromatic rings. The first-order valence-electron chi connectivity index (χ1n) is 40.3. The number of allylic oxidation sites excluding steroid dienone is 19. The first kappa shape index (κ1) is 93.4. The van der Waals surface area contributed by atoms with E-state index >= 15 is 0 Å². The molecular formula is C84H143NO18. The van der Waals surface area contributed by atoms with Crippen LogP contribution in [0.4, 0.5) is 0 Å². The van der Waals surface area contributed by atoms with E-state index in [9.17, 15) is 61.0 Å². The van der Waals surface area contributed by atoms with Crippen molar-refractivity contribution in [3.63, 3.8) is 0 Å². The first-order valence-corrected chi connectivity index (χ1v) is 40.3. The monoisotopic (exact) mass is 1450 g/mol. The lowest BCUT2D eigenvalue weighted by Crippen LogP contribution is -2.66. The zero-order valence-electron chi connectivity index (χ0n) is 63.3. The molecule has 0 aromatic carbocycles. The van der Waals surface area contributed by atoms with Crippen molar-refractivity contribution < 1.29 is 89.4 Å². The second-order valence-corrected chi connectivity index (χ2v) is 28.1. The van der Waals surface area contributed by atoms with Crippen LogP contribution in [0.2, 0.25) is 0 Å². The van der Waals surface area contributed by atoms with Gasteiger partial charge in [-0.15, -0.1) is 0 Å². The van der Waals surface area contributed by atoms with Gasteiger partial charge >= 0.3 is 0 Å². The number of carbonyl (C=O) groups is 1. The molecule has 19 heteroatoms. The van der Waals surface area contributed by atoms with E-state index in [1.54, 1.807) is 6.08 Å². The Hall–Kier alpha value is -3.81. The van der Waals surface area contributed by atoms with Crippen LogP contribution >= 0.6 is 0 Å². The largest absolute Gasteiger partial charge is 0.394 e. The molecule has 3 saturated heterocycles. The van der Waals surface area contributed by atoms with Crippen LogP contribution in [0.1, 0.15) is 271 Å². The third-order valence-corrected chi connectivity index (χ3v) is 19.2. The average molecular weight is 1460 g/mol. The van der Waals surface area contributed by atoms with Gasteiger partial charge in [0.05, 0.1) is 38.6 Å². The van der Waals surface area contributed by atoms with Gasteiger partial charge in [-0.25, -0.2) is 0 Å². The molecule has 0 spiro atoms. The molecule has 3 aliphatic rings. The highest BCUT2D eigenvalue weighted by Crippen LogP contribution is 2.33. The fraction of sp³-hybridized carbons (Fsp3) is 0.750. The highest BCUT2D eigenvalue weighted by molar-refractivity contribution is 5.76. The summed E-state index contributed by atoms with van der Waals surface area (Å²) in [5.41, 5.74) is 0. The topological polar surface area (TPSA) is 307 Å². The summed E-state index contributed by atoms with van der Waals surface area (Å²) in [5, 5.41) is 121. The number of aliphatic hydroxyl groups excluding tert-OH is 11. The zero-order chi connectivity index (χ0) is 74.6. The Morgan fingerprint density at radius 1 is 0.359 bits per heavy atom. The van der Waals surface area contributed by atoms with E-state index in [0.29, 0.717) is 12.8 Å². The molecule has 0 aliphatic carbocycles. The molecule has 12 N–H and O–H groups in total. The van der Waals surface area contributed by atoms with Gasteiger partial charge in [0.25, 0.3) is 0 Å². The number of hydrogen-bond donors (Lipinski definition) is 12. The number of rotatable bonds is 62. The second-order valence-electron chi connectivity index (χ2n) is 28.1. The van der Waals surface area contributed by atoms with Crippen molar-refractivity contribution >= 4 is 5.91 Å². The number of carbonyl (C=O) groups excluding carboxylic acids is 1. The molecule has 0 bridgehead atoms. The van der Waals surface area contributed by atoms with Crippen LogP contribution in [0.5, 0.6) is 0 Å². The highest BCUT2D eigenvalue weighted by atomic mass is 16.8. The minimum Gasteiger partial charge on any atom is -0.394 e. The summed E-state index contributed by atoms with van der Waals surface area (Å²) in [5.74, 6) is -0.290. The molecule has 0 aromatic heterocycles. The molecule has 3 fully saturated rings. The van der Waals surface area contributed by atoms with Gasteiger partial charge in [-0.1, -0.05) is 289 Å². The standard InChI is InChI=1S/C84H143NO18/c1-3-5-7-9-11-13-15-17-19-21-23-25-26-27-28-29-30-31-32-33-34-35-36-37-38-39-40-42-44-46-48-50-52-54-56-58-60-62-72(90)85-67(68(89)61-59-57-55-53-51-49-47-45-43-41-24-22-20-18-16-14-12-10-8-6-4-2)66-98-82-78(96)75(93)80(70(64-87)100-82)103-84-79(97)76(94)81(71(65-88)101-84)102-83-77(95)74(92)73(91)69(63-86)99-83/h5,7,11,13,17,19,23,25,27-28,30-31,33-34,36-37,51,53,59,61,67-71,73-84,86-89,91-97H,3-4,6,8-10,12,14-16,18,20-22,24,26,29,32,35,38-50,52,54-58,60,62-66H2,1-2H3,(H,85,90)/b7-5-,13-11-,19-17-,25-23-,28-27-,31-30-,34-33-,37-36-,53-51+,61-59+. The van der Waals surface area contributed by atoms with Crippen LogP contribution in [-0.2, 0) is 33.2 Å². The second kappa shape index (κ2) is 63.2. The van der Waals surface area contributed by atoms with Crippen molar-refractivity contribution in [1.29, 1.82) is 0 Å². The van der Waals surface area contributed by atoms with E-state index in [1.807, 2.05) is 6.08 Å². The van der Waals surface area contributed by atoms with Crippen molar-refractivity contribution in [3.8, 4) is 0 Å². The van der Waals surface area contributed by atoms with E-state index in [-0.39, 0.29) is 18.9 Å². The van der Waals surface area contributed by atoms with Crippen LogP contribution in [0.25, 0.3) is 0 Å². The van der Waals surface area contributed by atoms with E-state index in [2.05, 4.69) is 129 Å². The smallest absolute Gasteiger partial charge is 0.220 e. The van der Waals surface area contributed by atoms with E-state index < -0.39 is 124 Å². The summed E-state index contributed by atoms with van der Waals surface area (Å²) in [6.45, 7) is 1.61. The van der Waals surface area contributed by atoms with Gasteiger partial charge in [0.1, 0.15) is 73.2 Å². The van der Waals surface area contributed by atoms with Crippen molar-refractivity contribution in [3.05, 3.63) is 122 Å². The van der Waals surface area contributed by atoms with Gasteiger partial charge < -0.3 is 89.9 Å². The number of hydrogen-bond acceptors (Lipinski definition) is 18. The first-order chi connectivity index (χ1) is 50.3. The Labute approximate surface area is 620 Å². The summed E-state index contributed by atoms with van der Waals surface area (Å²) in [6, 6.07) is -1.000. The van der Waals surface area contributed by atoms with Crippen LogP contribution in [0.3, 0.4) is 0 Å². The molecular weight excluding hydrogens is 1310 g/mol. The molecule has 592 valence electrons. The number of amides is 1. The number of unbranched alkanes of at least 4 members (excludes halogenated alkanes) is 28. The predicted octanol–water partition coefficient (Wildman–Crippen LogP) is 13.5. The summed E-state index contributed by atoms with van der Waals surface area (Å²) < 4.78 is 34.4. The molecule has 3 heterocycles. The van der Waals surface area contributed by atoms with Gasteiger partial charge in [-0.3, -0.25) is 4.79 Å². The van der Waals surface area contributed by atoms with Crippen LogP contribution < -0.4 is 5.32 Å². The number of aliphatic hydroxyl groups is 11. The highest BCUT2D eigenvalue weighted by Gasteiger charge is 2.54. The maximum absolute atomic E-state index is 13.5. The molecule has 17 unspecified atom stereocenters. The SMILES string of the molecule is CC/C=C\C/C=C\C/C=C\C/C=C\C/C=C\C/C=C\C/C=C\C/C=C\CCCCCCCCCCCCCCC(=O)NC(COC1OC(CO)C(OC2OC(CO)C(OC3OC(CO)C(O)C(O)C3O)C(O)C2O)C(O)C1O)C(O)/C=C/CC/C=C/CCCCCCCCCCCCCCCCC. The maximum Gasteiger partial charge on any atom is 0.220 e. The minimum absolute atomic E-state index is 0.226. The summed E-state index contributed by atoms with van der Waals surface area (Å²) >= 11 is 0. The van der Waals surface area contributed by atoms with Crippen LogP contribution in [-0.4, -0.2) is 193 Å². The quantitative estimate of drug-likeness (QED) is 0.0199. The third-order valence-electron chi connectivity index (χ3n) is 19.2. The van der Waals surface area contributed by atoms with Crippen LogP contribution in [0, 0.1) is 0 Å².